The van der Waals surface area contributed by atoms with Gasteiger partial charge in [-0.15, -0.1) is 0 Å². The predicted molar refractivity (Wildman–Crippen MR) is 82.4 cm³/mol. The van der Waals surface area contributed by atoms with Crippen LogP contribution in [0.15, 0.2) is 51.6 Å². The second-order valence-electron chi connectivity index (χ2n) is 4.40. The van der Waals surface area contributed by atoms with Crippen LogP contribution in [0.4, 0.5) is 0 Å². The van der Waals surface area contributed by atoms with E-state index in [4.69, 9.17) is 0 Å². The largest absolute Gasteiger partial charge is 0.386 e. The van der Waals surface area contributed by atoms with E-state index >= 15 is 0 Å². The fourth-order valence-corrected chi connectivity index (χ4v) is 3.35. The molecule has 1 N–H and O–H groups in total. The number of para-hydroxylation sites is 1. The standard InChI is InChI=1S/C15H12BrNOS/c16-12-8-11-3-1-2-4-13(11)17-15(12)14(18)7-10-5-6-19-9-10/h1-6,8-9,14,18H,7H2. The fourth-order valence-electron chi connectivity index (χ4n) is 2.07. The van der Waals surface area contributed by atoms with E-state index < -0.39 is 6.10 Å². The molecule has 1 aromatic carbocycles. The Morgan fingerprint density at radius 2 is 2.11 bits per heavy atom. The summed E-state index contributed by atoms with van der Waals surface area (Å²) in [6, 6.07) is 12.0. The molecule has 0 saturated heterocycles. The van der Waals surface area contributed by atoms with Crippen LogP contribution < -0.4 is 0 Å². The van der Waals surface area contributed by atoms with Crippen LogP contribution in [0.1, 0.15) is 17.4 Å². The lowest BCUT2D eigenvalue weighted by Crippen LogP contribution is -2.05. The average molecular weight is 334 g/mol. The van der Waals surface area contributed by atoms with Crippen molar-refractivity contribution in [3.63, 3.8) is 0 Å². The van der Waals surface area contributed by atoms with E-state index in [-0.39, 0.29) is 0 Å². The Hall–Kier alpha value is -1.23. The highest BCUT2D eigenvalue weighted by atomic mass is 79.9. The molecule has 0 spiro atoms. The van der Waals surface area contributed by atoms with E-state index in [1.165, 1.54) is 0 Å². The molecule has 0 amide bonds. The zero-order valence-electron chi connectivity index (χ0n) is 10.1. The van der Waals surface area contributed by atoms with E-state index in [0.717, 1.165) is 20.9 Å². The molecule has 3 aromatic rings. The van der Waals surface area contributed by atoms with E-state index in [2.05, 4.69) is 26.3 Å². The monoisotopic (exact) mass is 333 g/mol. The minimum Gasteiger partial charge on any atom is -0.386 e. The van der Waals surface area contributed by atoms with Gasteiger partial charge in [-0.25, -0.2) is 4.98 Å². The molecule has 0 aliphatic rings. The molecular formula is C15H12BrNOS. The van der Waals surface area contributed by atoms with Crippen molar-refractivity contribution in [2.75, 3.05) is 0 Å². The number of rotatable bonds is 3. The van der Waals surface area contributed by atoms with Crippen LogP contribution in [0.25, 0.3) is 10.9 Å². The van der Waals surface area contributed by atoms with Crippen LogP contribution in [-0.2, 0) is 6.42 Å². The first-order valence-corrected chi connectivity index (χ1v) is 7.72. The summed E-state index contributed by atoms with van der Waals surface area (Å²) >= 11 is 5.14. The van der Waals surface area contributed by atoms with Gasteiger partial charge in [-0.05, 0) is 50.5 Å². The summed E-state index contributed by atoms with van der Waals surface area (Å²) < 4.78 is 0.855. The number of nitrogens with zero attached hydrogens (tertiary/aromatic N) is 1. The average Bonchev–Trinajstić information content (AvgIpc) is 2.90. The molecule has 2 nitrogen and oxygen atoms in total. The first-order chi connectivity index (χ1) is 9.24. The minimum absolute atomic E-state index is 0.589. The summed E-state index contributed by atoms with van der Waals surface area (Å²) in [5.41, 5.74) is 2.74. The number of aliphatic hydroxyl groups excluding tert-OH is 1. The number of halogens is 1. The Morgan fingerprint density at radius 1 is 1.26 bits per heavy atom. The number of hydrogen-bond donors (Lipinski definition) is 1. The van der Waals surface area contributed by atoms with Gasteiger partial charge in [0.2, 0.25) is 0 Å². The van der Waals surface area contributed by atoms with Gasteiger partial charge >= 0.3 is 0 Å². The van der Waals surface area contributed by atoms with Crippen LogP contribution in [0, 0.1) is 0 Å². The maximum Gasteiger partial charge on any atom is 0.101 e. The van der Waals surface area contributed by atoms with Crippen LogP contribution in [0.5, 0.6) is 0 Å². The van der Waals surface area contributed by atoms with Crippen LogP contribution in [0.3, 0.4) is 0 Å². The molecule has 0 saturated carbocycles. The molecule has 2 heterocycles. The normalized spacial score (nSPS) is 12.7. The molecule has 19 heavy (non-hydrogen) atoms. The highest BCUT2D eigenvalue weighted by Crippen LogP contribution is 2.28. The van der Waals surface area contributed by atoms with Gasteiger partial charge < -0.3 is 5.11 Å². The van der Waals surface area contributed by atoms with Crippen molar-refractivity contribution in [3.05, 3.63) is 62.9 Å². The summed E-state index contributed by atoms with van der Waals surface area (Å²) in [4.78, 5) is 4.56. The van der Waals surface area contributed by atoms with Gasteiger partial charge in [0.25, 0.3) is 0 Å². The maximum absolute atomic E-state index is 10.3. The van der Waals surface area contributed by atoms with E-state index in [1.807, 2.05) is 41.8 Å². The molecule has 0 aliphatic heterocycles. The van der Waals surface area contributed by atoms with E-state index in [0.29, 0.717) is 12.1 Å². The quantitative estimate of drug-likeness (QED) is 0.773. The molecule has 2 aromatic heterocycles. The topological polar surface area (TPSA) is 33.1 Å². The first-order valence-electron chi connectivity index (χ1n) is 5.98. The Kier molecular flexibility index (Phi) is 3.64. The lowest BCUT2D eigenvalue weighted by Gasteiger charge is -2.12. The molecule has 4 heteroatoms. The summed E-state index contributed by atoms with van der Waals surface area (Å²) in [7, 11) is 0. The third-order valence-corrected chi connectivity index (χ3v) is 4.40. The van der Waals surface area contributed by atoms with E-state index in [1.54, 1.807) is 11.3 Å². The van der Waals surface area contributed by atoms with Gasteiger partial charge in [0.15, 0.2) is 0 Å². The van der Waals surface area contributed by atoms with E-state index in [9.17, 15) is 5.11 Å². The summed E-state index contributed by atoms with van der Waals surface area (Å²) in [5.74, 6) is 0. The smallest absolute Gasteiger partial charge is 0.101 e. The number of pyridine rings is 1. The molecule has 1 unspecified atom stereocenters. The Morgan fingerprint density at radius 3 is 2.89 bits per heavy atom. The molecular weight excluding hydrogens is 322 g/mol. The summed E-state index contributed by atoms with van der Waals surface area (Å²) in [5, 5.41) is 15.5. The molecule has 0 aliphatic carbocycles. The molecule has 0 fully saturated rings. The number of aromatic nitrogens is 1. The second-order valence-corrected chi connectivity index (χ2v) is 6.03. The fraction of sp³-hybridized carbons (Fsp3) is 0.133. The van der Waals surface area contributed by atoms with Crippen molar-refractivity contribution < 1.29 is 5.11 Å². The summed E-state index contributed by atoms with van der Waals surface area (Å²) in [6.45, 7) is 0. The maximum atomic E-state index is 10.3. The zero-order chi connectivity index (χ0) is 13.2. The van der Waals surface area contributed by atoms with Gasteiger partial charge in [0, 0.05) is 16.3 Å². The SMILES string of the molecule is OC(Cc1ccsc1)c1nc2ccccc2cc1Br. The van der Waals surface area contributed by atoms with Crippen molar-refractivity contribution in [1.29, 1.82) is 0 Å². The lowest BCUT2D eigenvalue weighted by atomic mass is 10.1. The van der Waals surface area contributed by atoms with Crippen molar-refractivity contribution in [2.45, 2.75) is 12.5 Å². The zero-order valence-corrected chi connectivity index (χ0v) is 12.5. The van der Waals surface area contributed by atoms with Gasteiger partial charge in [-0.1, -0.05) is 18.2 Å². The molecule has 1 atom stereocenters. The Balaban J connectivity index is 1.97. The lowest BCUT2D eigenvalue weighted by molar-refractivity contribution is 0.173. The summed E-state index contributed by atoms with van der Waals surface area (Å²) in [6.07, 6.45) is 0.00144. The first kappa shape index (κ1) is 12.8. The Bertz CT molecular complexity index is 696. The van der Waals surface area contributed by atoms with Crippen molar-refractivity contribution in [2.24, 2.45) is 0 Å². The molecule has 96 valence electrons. The van der Waals surface area contributed by atoms with Crippen molar-refractivity contribution >= 4 is 38.2 Å². The van der Waals surface area contributed by atoms with Crippen LogP contribution >= 0.6 is 27.3 Å². The highest BCUT2D eigenvalue weighted by Gasteiger charge is 2.15. The van der Waals surface area contributed by atoms with Gasteiger partial charge in [-0.2, -0.15) is 11.3 Å². The molecule has 3 rings (SSSR count). The van der Waals surface area contributed by atoms with Crippen LogP contribution in [0.2, 0.25) is 0 Å². The van der Waals surface area contributed by atoms with Crippen LogP contribution in [-0.4, -0.2) is 10.1 Å². The molecule has 0 radical (unpaired) electrons. The Labute approximate surface area is 123 Å². The third kappa shape index (κ3) is 2.71. The number of fused-ring (bicyclic) bond motifs is 1. The van der Waals surface area contributed by atoms with Gasteiger partial charge in [-0.3, -0.25) is 0 Å². The number of benzene rings is 1. The molecule has 0 bridgehead atoms. The predicted octanol–water partition coefficient (Wildman–Crippen LogP) is 4.33. The number of hydrogen-bond acceptors (Lipinski definition) is 3. The number of thiophene rings is 1. The second kappa shape index (κ2) is 5.41. The van der Waals surface area contributed by atoms with Gasteiger partial charge in [0.1, 0.15) is 6.10 Å². The van der Waals surface area contributed by atoms with Crippen molar-refractivity contribution in [3.8, 4) is 0 Å². The highest BCUT2D eigenvalue weighted by molar-refractivity contribution is 9.10. The van der Waals surface area contributed by atoms with Crippen molar-refractivity contribution in [1.82, 2.24) is 4.98 Å². The van der Waals surface area contributed by atoms with Gasteiger partial charge in [0.05, 0.1) is 11.2 Å². The number of aliphatic hydroxyl groups is 1. The third-order valence-electron chi connectivity index (χ3n) is 3.03. The minimum atomic E-state index is -0.589.